The van der Waals surface area contributed by atoms with Crippen LogP contribution in [0.4, 0.5) is 0 Å². The van der Waals surface area contributed by atoms with E-state index < -0.39 is 0 Å². The van der Waals surface area contributed by atoms with Crippen LogP contribution in [0.15, 0.2) is 12.1 Å². The molecule has 2 rings (SSSR count). The third-order valence-corrected chi connectivity index (χ3v) is 5.17. The molecule has 1 fully saturated rings. The molecule has 0 saturated carbocycles. The first-order valence-corrected chi connectivity index (χ1v) is 9.91. The van der Waals surface area contributed by atoms with Crippen molar-refractivity contribution in [2.24, 2.45) is 0 Å². The van der Waals surface area contributed by atoms with Gasteiger partial charge in [-0.3, -0.25) is 9.59 Å². The Bertz CT molecular complexity index is 692. The lowest BCUT2D eigenvalue weighted by Crippen LogP contribution is -2.37. The van der Waals surface area contributed by atoms with Crippen LogP contribution in [0.3, 0.4) is 0 Å². The van der Waals surface area contributed by atoms with Gasteiger partial charge in [0.1, 0.15) is 5.75 Å². The van der Waals surface area contributed by atoms with Crippen LogP contribution in [0.2, 0.25) is 0 Å². The molecule has 0 radical (unpaired) electrons. The Kier molecular flexibility index (Phi) is 6.90. The number of methoxy groups -OCH3 is 1. The fourth-order valence-corrected chi connectivity index (χ4v) is 3.69. The Hall–Kier alpha value is -2.04. The number of hydrogen-bond donors (Lipinski definition) is 0. The highest BCUT2D eigenvalue weighted by molar-refractivity contribution is 5.80. The second-order valence-corrected chi connectivity index (χ2v) is 8.40. The van der Waals surface area contributed by atoms with Gasteiger partial charge in [-0.1, -0.05) is 45.4 Å². The molecular weight excluding hydrogens is 340 g/mol. The van der Waals surface area contributed by atoms with Crippen LogP contribution in [-0.4, -0.2) is 54.9 Å². The molecule has 1 aromatic rings. The number of carbonyl (C=O) groups excluding carboxylic acids is 2. The fourth-order valence-electron chi connectivity index (χ4n) is 3.69. The van der Waals surface area contributed by atoms with E-state index in [2.05, 4.69) is 39.8 Å². The molecule has 0 N–H and O–H groups in total. The standard InChI is InChI=1S/C22H34N2O3/c1-7-19(25)23-9-8-10-24(12-11-23)20(26)15-17-13-16(2)14-18(21(17)27-6)22(3,4)5/h13-14H,7-12,15H2,1-6H3. The minimum atomic E-state index is -0.0568. The average molecular weight is 375 g/mol. The van der Waals surface area contributed by atoms with Crippen LogP contribution < -0.4 is 4.74 Å². The van der Waals surface area contributed by atoms with E-state index in [1.165, 1.54) is 0 Å². The topological polar surface area (TPSA) is 49.9 Å². The van der Waals surface area contributed by atoms with Gasteiger partial charge in [0.25, 0.3) is 0 Å². The predicted octanol–water partition coefficient (Wildman–Crippen LogP) is 3.31. The summed E-state index contributed by atoms with van der Waals surface area (Å²) in [6, 6.07) is 4.20. The van der Waals surface area contributed by atoms with E-state index in [9.17, 15) is 9.59 Å². The summed E-state index contributed by atoms with van der Waals surface area (Å²) in [5.41, 5.74) is 3.15. The summed E-state index contributed by atoms with van der Waals surface area (Å²) in [4.78, 5) is 28.7. The van der Waals surface area contributed by atoms with E-state index in [-0.39, 0.29) is 17.2 Å². The summed E-state index contributed by atoms with van der Waals surface area (Å²) in [6.45, 7) is 13.1. The summed E-state index contributed by atoms with van der Waals surface area (Å²) in [5.74, 6) is 1.09. The van der Waals surface area contributed by atoms with Gasteiger partial charge in [0.2, 0.25) is 11.8 Å². The highest BCUT2D eigenvalue weighted by atomic mass is 16.5. The second-order valence-electron chi connectivity index (χ2n) is 8.40. The van der Waals surface area contributed by atoms with E-state index in [1.807, 2.05) is 16.7 Å². The molecule has 0 atom stereocenters. The van der Waals surface area contributed by atoms with Crippen LogP contribution in [0, 0.1) is 6.92 Å². The second kappa shape index (κ2) is 8.77. The monoisotopic (exact) mass is 374 g/mol. The molecule has 0 spiro atoms. The normalized spacial score (nSPS) is 15.5. The minimum Gasteiger partial charge on any atom is -0.496 e. The lowest BCUT2D eigenvalue weighted by Gasteiger charge is -2.26. The lowest BCUT2D eigenvalue weighted by atomic mass is 9.83. The molecule has 0 aliphatic carbocycles. The number of ether oxygens (including phenoxy) is 1. The molecule has 0 bridgehead atoms. The highest BCUT2D eigenvalue weighted by Gasteiger charge is 2.25. The van der Waals surface area contributed by atoms with Crippen LogP contribution in [0.1, 0.15) is 57.2 Å². The predicted molar refractivity (Wildman–Crippen MR) is 108 cm³/mol. The molecule has 27 heavy (non-hydrogen) atoms. The SMILES string of the molecule is CCC(=O)N1CCCN(C(=O)Cc2cc(C)cc(C(C)(C)C)c2OC)CC1. The molecule has 1 aliphatic heterocycles. The molecule has 2 amide bonds. The quantitative estimate of drug-likeness (QED) is 0.812. The van der Waals surface area contributed by atoms with E-state index in [4.69, 9.17) is 4.74 Å². The van der Waals surface area contributed by atoms with Crippen molar-refractivity contribution < 1.29 is 14.3 Å². The molecule has 150 valence electrons. The Labute approximate surface area is 163 Å². The van der Waals surface area contributed by atoms with Gasteiger partial charge >= 0.3 is 0 Å². The Balaban J connectivity index is 2.18. The van der Waals surface area contributed by atoms with Crippen molar-refractivity contribution in [2.75, 3.05) is 33.3 Å². The molecule has 1 aliphatic rings. The van der Waals surface area contributed by atoms with E-state index in [0.717, 1.165) is 35.4 Å². The third-order valence-electron chi connectivity index (χ3n) is 5.17. The molecule has 1 saturated heterocycles. The van der Waals surface area contributed by atoms with Crippen molar-refractivity contribution in [1.29, 1.82) is 0 Å². The molecule has 1 aromatic carbocycles. The number of hydrogen-bond acceptors (Lipinski definition) is 3. The van der Waals surface area contributed by atoms with E-state index in [0.29, 0.717) is 32.5 Å². The van der Waals surface area contributed by atoms with E-state index >= 15 is 0 Å². The van der Waals surface area contributed by atoms with Gasteiger partial charge in [-0.05, 0) is 18.8 Å². The summed E-state index contributed by atoms with van der Waals surface area (Å²) < 4.78 is 5.71. The van der Waals surface area contributed by atoms with Gasteiger partial charge in [-0.2, -0.15) is 0 Å². The molecule has 0 unspecified atom stereocenters. The Morgan fingerprint density at radius 2 is 1.63 bits per heavy atom. The van der Waals surface area contributed by atoms with Gasteiger partial charge in [0, 0.05) is 43.7 Å². The first kappa shape index (κ1) is 21.3. The zero-order chi connectivity index (χ0) is 20.2. The van der Waals surface area contributed by atoms with Crippen LogP contribution >= 0.6 is 0 Å². The first-order valence-electron chi connectivity index (χ1n) is 9.91. The molecule has 5 nitrogen and oxygen atoms in total. The number of aryl methyl sites for hydroxylation is 1. The Morgan fingerprint density at radius 1 is 1.04 bits per heavy atom. The smallest absolute Gasteiger partial charge is 0.227 e. The number of benzene rings is 1. The number of carbonyl (C=O) groups is 2. The van der Waals surface area contributed by atoms with Gasteiger partial charge in [0.15, 0.2) is 0 Å². The maximum absolute atomic E-state index is 13.0. The molecule has 5 heteroatoms. The maximum Gasteiger partial charge on any atom is 0.227 e. The van der Waals surface area contributed by atoms with Crippen LogP contribution in [0.25, 0.3) is 0 Å². The van der Waals surface area contributed by atoms with Crippen molar-refractivity contribution in [1.82, 2.24) is 9.80 Å². The van der Waals surface area contributed by atoms with Crippen molar-refractivity contribution in [3.05, 3.63) is 28.8 Å². The van der Waals surface area contributed by atoms with Crippen LogP contribution in [-0.2, 0) is 21.4 Å². The fraction of sp³-hybridized carbons (Fsp3) is 0.636. The van der Waals surface area contributed by atoms with E-state index in [1.54, 1.807) is 7.11 Å². The number of rotatable bonds is 4. The lowest BCUT2D eigenvalue weighted by molar-refractivity contribution is -0.133. The summed E-state index contributed by atoms with van der Waals surface area (Å²) in [5, 5.41) is 0. The maximum atomic E-state index is 13.0. The number of nitrogens with zero attached hydrogens (tertiary/aromatic N) is 2. The molecule has 1 heterocycles. The largest absolute Gasteiger partial charge is 0.496 e. The van der Waals surface area contributed by atoms with Gasteiger partial charge < -0.3 is 14.5 Å². The zero-order valence-corrected chi connectivity index (χ0v) is 17.7. The van der Waals surface area contributed by atoms with Crippen molar-refractivity contribution in [3.63, 3.8) is 0 Å². The summed E-state index contributed by atoms with van der Waals surface area (Å²) in [6.07, 6.45) is 1.68. The highest BCUT2D eigenvalue weighted by Crippen LogP contribution is 2.35. The van der Waals surface area contributed by atoms with Crippen molar-refractivity contribution >= 4 is 11.8 Å². The zero-order valence-electron chi connectivity index (χ0n) is 17.7. The van der Waals surface area contributed by atoms with Crippen molar-refractivity contribution in [2.45, 2.75) is 59.3 Å². The Morgan fingerprint density at radius 3 is 2.15 bits per heavy atom. The van der Waals surface area contributed by atoms with Gasteiger partial charge in [0.05, 0.1) is 13.5 Å². The summed E-state index contributed by atoms with van der Waals surface area (Å²) in [7, 11) is 1.67. The molecular formula is C22H34N2O3. The average Bonchev–Trinajstić information content (AvgIpc) is 2.86. The first-order chi connectivity index (χ1) is 12.7. The molecule has 0 aromatic heterocycles. The van der Waals surface area contributed by atoms with Gasteiger partial charge in [-0.15, -0.1) is 0 Å². The summed E-state index contributed by atoms with van der Waals surface area (Å²) >= 11 is 0. The van der Waals surface area contributed by atoms with Gasteiger partial charge in [-0.25, -0.2) is 0 Å². The third kappa shape index (κ3) is 5.24. The minimum absolute atomic E-state index is 0.0568. The van der Waals surface area contributed by atoms with Crippen molar-refractivity contribution in [3.8, 4) is 5.75 Å². The van der Waals surface area contributed by atoms with Crippen LogP contribution in [0.5, 0.6) is 5.75 Å². The number of amides is 2.